The van der Waals surface area contributed by atoms with Gasteiger partial charge in [0.1, 0.15) is 11.6 Å². The topological polar surface area (TPSA) is 89.0 Å². The normalized spacial score (nSPS) is 14.6. The minimum atomic E-state index is -0.195. The molecule has 0 spiro atoms. The number of rotatable bonds is 6. The Morgan fingerprint density at radius 2 is 2.06 bits per heavy atom. The van der Waals surface area contributed by atoms with E-state index in [-0.39, 0.29) is 24.1 Å². The number of amides is 1. The zero-order valence-electron chi connectivity index (χ0n) is 18.8. The lowest BCUT2D eigenvalue weighted by molar-refractivity contribution is -0.123. The van der Waals surface area contributed by atoms with Crippen molar-refractivity contribution in [3.8, 4) is 5.75 Å². The lowest BCUT2D eigenvalue weighted by Crippen LogP contribution is -2.37. The molecule has 1 amide bonds. The molecule has 1 atom stereocenters. The van der Waals surface area contributed by atoms with Crippen LogP contribution in [0.25, 0.3) is 21.8 Å². The molecule has 0 radical (unpaired) electrons. The van der Waals surface area contributed by atoms with Crippen LogP contribution in [-0.2, 0) is 24.2 Å². The molecule has 0 aliphatic carbocycles. The number of nitrogens with zero attached hydrogens (tertiary/aromatic N) is 2. The van der Waals surface area contributed by atoms with Gasteiger partial charge in [0.25, 0.3) is 11.5 Å². The van der Waals surface area contributed by atoms with Crippen molar-refractivity contribution < 1.29 is 9.53 Å². The largest absolute Gasteiger partial charge is 0.484 e. The Morgan fingerprint density at radius 1 is 1.18 bits per heavy atom. The number of carbonyl (C=O) groups excluding carboxylic acids is 1. The van der Waals surface area contributed by atoms with Gasteiger partial charge in [-0.2, -0.15) is 0 Å². The van der Waals surface area contributed by atoms with E-state index in [1.807, 2.05) is 31.3 Å². The second-order valence-corrected chi connectivity index (χ2v) is 8.80. The fraction of sp³-hybridized carbons (Fsp3) is 0.346. The van der Waals surface area contributed by atoms with E-state index in [0.717, 1.165) is 43.4 Å². The third-order valence-electron chi connectivity index (χ3n) is 6.27. The zero-order chi connectivity index (χ0) is 22.8. The molecule has 0 bridgehead atoms. The summed E-state index contributed by atoms with van der Waals surface area (Å²) in [5, 5.41) is 4.70. The average molecular weight is 445 g/mol. The summed E-state index contributed by atoms with van der Waals surface area (Å²) in [4.78, 5) is 33.4. The van der Waals surface area contributed by atoms with Gasteiger partial charge >= 0.3 is 0 Å². The fourth-order valence-corrected chi connectivity index (χ4v) is 4.63. The van der Waals surface area contributed by atoms with Crippen LogP contribution in [-0.4, -0.2) is 33.1 Å². The van der Waals surface area contributed by atoms with Gasteiger partial charge in [0, 0.05) is 36.1 Å². The summed E-state index contributed by atoms with van der Waals surface area (Å²) < 4.78 is 7.50. The Kier molecular flexibility index (Phi) is 5.86. The fourth-order valence-electron chi connectivity index (χ4n) is 4.63. The number of para-hydroxylation sites is 1. The first-order chi connectivity index (χ1) is 16.1. The quantitative estimate of drug-likeness (QED) is 0.474. The predicted octanol–water partition coefficient (Wildman–Crippen LogP) is 3.73. The van der Waals surface area contributed by atoms with Crippen LogP contribution in [0.15, 0.2) is 53.5 Å². The lowest BCUT2D eigenvalue weighted by Gasteiger charge is -2.14. The highest BCUT2D eigenvalue weighted by atomic mass is 16.5. The molecule has 5 rings (SSSR count). The second-order valence-electron chi connectivity index (χ2n) is 8.80. The summed E-state index contributed by atoms with van der Waals surface area (Å²) in [5.74, 6) is 1.16. The van der Waals surface area contributed by atoms with E-state index in [0.29, 0.717) is 23.2 Å². The molecule has 33 heavy (non-hydrogen) atoms. The number of carbonyl (C=O) groups is 1. The second kappa shape index (κ2) is 9.10. The molecule has 1 aliphatic rings. The molecule has 2 aromatic carbocycles. The predicted molar refractivity (Wildman–Crippen MR) is 129 cm³/mol. The Labute approximate surface area is 191 Å². The highest BCUT2D eigenvalue weighted by Gasteiger charge is 2.15. The van der Waals surface area contributed by atoms with E-state index in [4.69, 9.17) is 9.72 Å². The third kappa shape index (κ3) is 4.49. The molecular weight excluding hydrogens is 416 g/mol. The smallest absolute Gasteiger partial charge is 0.261 e. The van der Waals surface area contributed by atoms with Gasteiger partial charge in [-0.05, 0) is 56.0 Å². The highest BCUT2D eigenvalue weighted by Crippen LogP contribution is 2.21. The van der Waals surface area contributed by atoms with Crippen LogP contribution in [0.5, 0.6) is 5.75 Å². The number of nitrogens with one attached hydrogen (secondary N) is 2. The average Bonchev–Trinajstić information content (AvgIpc) is 3.06. The zero-order valence-corrected chi connectivity index (χ0v) is 18.8. The van der Waals surface area contributed by atoms with Crippen molar-refractivity contribution in [2.45, 2.75) is 51.6 Å². The molecule has 0 unspecified atom stereocenters. The summed E-state index contributed by atoms with van der Waals surface area (Å²) >= 11 is 0. The van der Waals surface area contributed by atoms with Gasteiger partial charge in [-0.15, -0.1) is 0 Å². The van der Waals surface area contributed by atoms with Gasteiger partial charge in [-0.25, -0.2) is 4.98 Å². The summed E-state index contributed by atoms with van der Waals surface area (Å²) in [7, 11) is 0. The van der Waals surface area contributed by atoms with Crippen molar-refractivity contribution in [2.75, 3.05) is 6.61 Å². The Hall–Kier alpha value is -3.61. The first-order valence-electron chi connectivity index (χ1n) is 11.6. The van der Waals surface area contributed by atoms with Crippen LogP contribution in [0.4, 0.5) is 0 Å². The molecule has 0 saturated heterocycles. The molecular formula is C26H28N4O3. The molecule has 4 aromatic rings. The SMILES string of the molecule is C[C@H](Cc1c[nH]c2ccccc12)NC(=O)COc1ccc2nc3n(c(=O)c2c1)CCCCC3. The molecule has 170 valence electrons. The number of ether oxygens (including phenoxy) is 1. The van der Waals surface area contributed by atoms with E-state index in [9.17, 15) is 9.59 Å². The summed E-state index contributed by atoms with van der Waals surface area (Å²) in [6.45, 7) is 2.58. The summed E-state index contributed by atoms with van der Waals surface area (Å²) in [6.07, 6.45) is 6.72. The van der Waals surface area contributed by atoms with Crippen molar-refractivity contribution >= 4 is 27.7 Å². The maximum absolute atomic E-state index is 13.0. The number of hydrogen-bond acceptors (Lipinski definition) is 4. The number of aryl methyl sites for hydroxylation is 1. The molecule has 2 aromatic heterocycles. The van der Waals surface area contributed by atoms with E-state index >= 15 is 0 Å². The highest BCUT2D eigenvalue weighted by molar-refractivity contribution is 5.83. The number of hydrogen-bond donors (Lipinski definition) is 2. The van der Waals surface area contributed by atoms with Gasteiger partial charge in [-0.3, -0.25) is 14.2 Å². The molecule has 1 aliphatic heterocycles. The maximum atomic E-state index is 13.0. The molecule has 7 nitrogen and oxygen atoms in total. The van der Waals surface area contributed by atoms with Gasteiger partial charge in [-0.1, -0.05) is 24.6 Å². The molecule has 2 N–H and O–H groups in total. The number of H-pyrrole nitrogens is 1. The van der Waals surface area contributed by atoms with Crippen molar-refractivity contribution in [3.63, 3.8) is 0 Å². The Bertz CT molecular complexity index is 1370. The number of fused-ring (bicyclic) bond motifs is 3. The van der Waals surface area contributed by atoms with Crippen molar-refractivity contribution in [3.05, 3.63) is 70.4 Å². The van der Waals surface area contributed by atoms with Crippen LogP contribution in [0.2, 0.25) is 0 Å². The number of benzene rings is 2. The van der Waals surface area contributed by atoms with Crippen molar-refractivity contribution in [1.29, 1.82) is 0 Å². The van der Waals surface area contributed by atoms with Crippen LogP contribution >= 0.6 is 0 Å². The van der Waals surface area contributed by atoms with Gasteiger partial charge in [0.2, 0.25) is 0 Å². The molecule has 3 heterocycles. The van der Waals surface area contributed by atoms with E-state index in [2.05, 4.69) is 16.4 Å². The van der Waals surface area contributed by atoms with E-state index in [1.54, 1.807) is 22.8 Å². The summed E-state index contributed by atoms with van der Waals surface area (Å²) in [5.41, 5.74) is 2.91. The Morgan fingerprint density at radius 3 is 2.97 bits per heavy atom. The molecule has 0 saturated carbocycles. The minimum Gasteiger partial charge on any atom is -0.484 e. The van der Waals surface area contributed by atoms with E-state index < -0.39 is 0 Å². The standard InChI is InChI=1S/C26H28N4O3/c1-17(13-18-15-27-22-8-5-4-7-20(18)22)28-25(31)16-33-19-10-11-23-21(14-19)26(32)30-12-6-2-3-9-24(30)29-23/h4-5,7-8,10-11,14-15,17,27H,2-3,6,9,12-13,16H2,1H3,(H,28,31)/t17-/m1/s1. The van der Waals surface area contributed by atoms with Crippen LogP contribution in [0.1, 0.15) is 37.6 Å². The first-order valence-corrected chi connectivity index (χ1v) is 11.6. The first kappa shape index (κ1) is 21.2. The molecule has 0 fully saturated rings. The van der Waals surface area contributed by atoms with Crippen LogP contribution < -0.4 is 15.6 Å². The minimum absolute atomic E-state index is 0.0286. The van der Waals surface area contributed by atoms with E-state index in [1.165, 1.54) is 10.9 Å². The number of aromatic amines is 1. The van der Waals surface area contributed by atoms with Gasteiger partial charge in [0.15, 0.2) is 6.61 Å². The van der Waals surface area contributed by atoms with Gasteiger partial charge in [0.05, 0.1) is 10.9 Å². The van der Waals surface area contributed by atoms with Gasteiger partial charge < -0.3 is 15.0 Å². The Balaban J connectivity index is 1.23. The van der Waals surface area contributed by atoms with Crippen molar-refractivity contribution in [1.82, 2.24) is 19.9 Å². The van der Waals surface area contributed by atoms with Crippen molar-refractivity contribution in [2.24, 2.45) is 0 Å². The molecule has 7 heteroatoms. The number of aromatic nitrogens is 3. The monoisotopic (exact) mass is 444 g/mol. The third-order valence-corrected chi connectivity index (χ3v) is 6.27. The summed E-state index contributed by atoms with van der Waals surface area (Å²) in [6, 6.07) is 13.4. The van der Waals surface area contributed by atoms with Crippen LogP contribution in [0.3, 0.4) is 0 Å². The lowest BCUT2D eigenvalue weighted by atomic mass is 10.1. The van der Waals surface area contributed by atoms with Crippen LogP contribution in [0, 0.1) is 0 Å². The maximum Gasteiger partial charge on any atom is 0.261 e.